The first-order valence-electron chi connectivity index (χ1n) is 6.14. The Morgan fingerprint density at radius 1 is 1.21 bits per heavy atom. The fourth-order valence-electron chi connectivity index (χ4n) is 1.85. The van der Waals surface area contributed by atoms with E-state index in [2.05, 4.69) is 4.98 Å². The minimum absolute atomic E-state index is 0.159. The van der Waals surface area contributed by atoms with E-state index in [1.54, 1.807) is 6.07 Å². The Labute approximate surface area is 117 Å². The van der Waals surface area contributed by atoms with Crippen molar-refractivity contribution >= 4 is 11.8 Å². The van der Waals surface area contributed by atoms with Gasteiger partial charge in [-0.1, -0.05) is 17.8 Å². The predicted octanol–water partition coefficient (Wildman–Crippen LogP) is 4.01. The molecule has 0 radical (unpaired) electrons. The first-order chi connectivity index (χ1) is 8.95. The van der Waals surface area contributed by atoms with E-state index in [0.29, 0.717) is 4.90 Å². The van der Waals surface area contributed by atoms with Gasteiger partial charge in [0.1, 0.15) is 10.8 Å². The van der Waals surface area contributed by atoms with E-state index in [4.69, 9.17) is 5.73 Å². The number of aromatic nitrogens is 1. The number of nitrogens with two attached hydrogens (primary N) is 1. The van der Waals surface area contributed by atoms with Crippen molar-refractivity contribution in [2.45, 2.75) is 36.7 Å². The lowest BCUT2D eigenvalue weighted by molar-refractivity contribution is 0.596. The highest BCUT2D eigenvalue weighted by Gasteiger charge is 2.09. The largest absolute Gasteiger partial charge is 0.324 e. The van der Waals surface area contributed by atoms with Crippen LogP contribution in [-0.2, 0) is 0 Å². The Hall–Kier alpha value is -1.39. The molecule has 2 aromatic rings. The molecule has 0 spiro atoms. The van der Waals surface area contributed by atoms with Crippen LogP contribution in [0.3, 0.4) is 0 Å². The molecule has 0 amide bonds. The first-order valence-corrected chi connectivity index (χ1v) is 6.95. The van der Waals surface area contributed by atoms with Gasteiger partial charge in [0.05, 0.1) is 0 Å². The van der Waals surface area contributed by atoms with E-state index in [9.17, 15) is 4.39 Å². The maximum absolute atomic E-state index is 14.0. The van der Waals surface area contributed by atoms with Gasteiger partial charge < -0.3 is 5.73 Å². The molecule has 0 aliphatic carbocycles. The van der Waals surface area contributed by atoms with E-state index in [1.807, 2.05) is 39.0 Å². The van der Waals surface area contributed by atoms with E-state index < -0.39 is 0 Å². The van der Waals surface area contributed by atoms with Crippen molar-refractivity contribution in [2.24, 2.45) is 5.73 Å². The van der Waals surface area contributed by atoms with Crippen LogP contribution in [0.2, 0.25) is 0 Å². The van der Waals surface area contributed by atoms with Gasteiger partial charge in [0.15, 0.2) is 0 Å². The molecule has 19 heavy (non-hydrogen) atoms. The third kappa shape index (κ3) is 3.55. The van der Waals surface area contributed by atoms with E-state index in [1.165, 1.54) is 17.8 Å². The van der Waals surface area contributed by atoms with Crippen LogP contribution < -0.4 is 5.73 Å². The second-order valence-electron chi connectivity index (χ2n) is 4.70. The van der Waals surface area contributed by atoms with Gasteiger partial charge in [-0.15, -0.1) is 0 Å². The SMILES string of the molecule is Cc1cc(C)nc(Sc2ccc([C@@H](C)N)cc2F)c1. The number of rotatable bonds is 3. The van der Waals surface area contributed by atoms with Crippen molar-refractivity contribution in [1.29, 1.82) is 0 Å². The Morgan fingerprint density at radius 2 is 1.95 bits per heavy atom. The van der Waals surface area contributed by atoms with Gasteiger partial charge in [0.2, 0.25) is 0 Å². The minimum atomic E-state index is -0.249. The standard InChI is InChI=1S/C15H17FN2S/c1-9-6-10(2)18-15(7-9)19-14-5-4-12(11(3)17)8-13(14)16/h4-8,11H,17H2,1-3H3/t11-/m1/s1. The number of halogens is 1. The second kappa shape index (κ2) is 5.72. The Kier molecular flexibility index (Phi) is 4.22. The summed E-state index contributed by atoms with van der Waals surface area (Å²) >= 11 is 1.34. The Bertz CT molecular complexity index is 576. The monoisotopic (exact) mass is 276 g/mol. The van der Waals surface area contributed by atoms with Gasteiger partial charge in [0.25, 0.3) is 0 Å². The van der Waals surface area contributed by atoms with E-state index >= 15 is 0 Å². The zero-order chi connectivity index (χ0) is 14.0. The lowest BCUT2D eigenvalue weighted by Gasteiger charge is -2.09. The number of pyridine rings is 1. The second-order valence-corrected chi connectivity index (χ2v) is 5.77. The Morgan fingerprint density at radius 3 is 2.53 bits per heavy atom. The summed E-state index contributed by atoms with van der Waals surface area (Å²) in [5.41, 5.74) is 8.61. The van der Waals surface area contributed by atoms with Crippen LogP contribution in [0.15, 0.2) is 40.3 Å². The van der Waals surface area contributed by atoms with Crippen LogP contribution in [0.25, 0.3) is 0 Å². The summed E-state index contributed by atoms with van der Waals surface area (Å²) < 4.78 is 14.0. The third-order valence-electron chi connectivity index (χ3n) is 2.77. The molecule has 0 saturated carbocycles. The fourth-order valence-corrected chi connectivity index (χ4v) is 2.80. The molecule has 0 saturated heterocycles. The maximum Gasteiger partial charge on any atom is 0.137 e. The summed E-state index contributed by atoms with van der Waals surface area (Å²) in [4.78, 5) is 4.97. The van der Waals surface area contributed by atoms with Crippen LogP contribution in [0.4, 0.5) is 4.39 Å². The van der Waals surface area contributed by atoms with Gasteiger partial charge in [0, 0.05) is 16.6 Å². The number of aryl methyl sites for hydroxylation is 2. The average Bonchev–Trinajstić information content (AvgIpc) is 2.30. The zero-order valence-corrected chi connectivity index (χ0v) is 12.1. The number of hydrogen-bond donors (Lipinski definition) is 1. The summed E-state index contributed by atoms with van der Waals surface area (Å²) in [6.07, 6.45) is 0. The Balaban J connectivity index is 2.28. The summed E-state index contributed by atoms with van der Waals surface area (Å²) in [5.74, 6) is -0.249. The molecule has 1 heterocycles. The molecule has 0 fully saturated rings. The summed E-state index contributed by atoms with van der Waals surface area (Å²) in [6, 6.07) is 8.91. The smallest absolute Gasteiger partial charge is 0.137 e. The lowest BCUT2D eigenvalue weighted by atomic mass is 10.1. The summed E-state index contributed by atoms with van der Waals surface area (Å²) in [5, 5.41) is 0.810. The molecule has 2 rings (SSSR count). The van der Waals surface area contributed by atoms with Crippen molar-refractivity contribution < 1.29 is 4.39 Å². The van der Waals surface area contributed by atoms with Crippen LogP contribution in [-0.4, -0.2) is 4.98 Å². The van der Waals surface area contributed by atoms with Crippen molar-refractivity contribution in [3.05, 3.63) is 53.0 Å². The molecule has 1 aromatic heterocycles. The van der Waals surface area contributed by atoms with Crippen LogP contribution in [0.5, 0.6) is 0 Å². The molecule has 0 unspecified atom stereocenters. The molecule has 4 heteroatoms. The molecular formula is C15H17FN2S. The van der Waals surface area contributed by atoms with Gasteiger partial charge in [-0.25, -0.2) is 9.37 Å². The van der Waals surface area contributed by atoms with Gasteiger partial charge >= 0.3 is 0 Å². The topological polar surface area (TPSA) is 38.9 Å². The summed E-state index contributed by atoms with van der Waals surface area (Å²) in [7, 11) is 0. The normalized spacial score (nSPS) is 12.5. The zero-order valence-electron chi connectivity index (χ0n) is 11.3. The highest BCUT2D eigenvalue weighted by atomic mass is 32.2. The highest BCUT2D eigenvalue weighted by Crippen LogP contribution is 2.30. The first kappa shape index (κ1) is 14.0. The predicted molar refractivity (Wildman–Crippen MR) is 76.8 cm³/mol. The summed E-state index contributed by atoms with van der Waals surface area (Å²) in [6.45, 7) is 5.79. The van der Waals surface area contributed by atoms with Crippen molar-refractivity contribution in [1.82, 2.24) is 4.98 Å². The molecule has 2 N–H and O–H groups in total. The van der Waals surface area contributed by atoms with E-state index in [0.717, 1.165) is 21.8 Å². The van der Waals surface area contributed by atoms with Crippen molar-refractivity contribution in [3.8, 4) is 0 Å². The number of nitrogens with zero attached hydrogens (tertiary/aromatic N) is 1. The fraction of sp³-hybridized carbons (Fsp3) is 0.267. The molecule has 0 aliphatic rings. The van der Waals surface area contributed by atoms with Gasteiger partial charge in [-0.05, 0) is 56.2 Å². The van der Waals surface area contributed by atoms with Crippen LogP contribution in [0, 0.1) is 19.7 Å². The minimum Gasteiger partial charge on any atom is -0.324 e. The highest BCUT2D eigenvalue weighted by molar-refractivity contribution is 7.99. The number of hydrogen-bond acceptors (Lipinski definition) is 3. The maximum atomic E-state index is 14.0. The van der Waals surface area contributed by atoms with Crippen LogP contribution in [0.1, 0.15) is 29.8 Å². The van der Waals surface area contributed by atoms with Gasteiger partial charge in [-0.3, -0.25) is 0 Å². The molecule has 0 aliphatic heterocycles. The molecule has 1 aromatic carbocycles. The lowest BCUT2D eigenvalue weighted by Crippen LogP contribution is -2.05. The van der Waals surface area contributed by atoms with Crippen molar-refractivity contribution in [2.75, 3.05) is 0 Å². The molecule has 100 valence electrons. The van der Waals surface area contributed by atoms with E-state index in [-0.39, 0.29) is 11.9 Å². The van der Waals surface area contributed by atoms with Crippen LogP contribution >= 0.6 is 11.8 Å². The average molecular weight is 276 g/mol. The molecule has 1 atom stereocenters. The molecule has 0 bridgehead atoms. The molecule has 2 nitrogen and oxygen atoms in total. The van der Waals surface area contributed by atoms with Gasteiger partial charge in [-0.2, -0.15) is 0 Å². The van der Waals surface area contributed by atoms with Crippen molar-refractivity contribution in [3.63, 3.8) is 0 Å². The number of benzene rings is 1. The quantitative estimate of drug-likeness (QED) is 0.920. The molecular weight excluding hydrogens is 259 g/mol. The third-order valence-corrected chi connectivity index (χ3v) is 3.74.